The number of amides is 2. The molecule has 0 aliphatic heterocycles. The number of likely N-dealkylation sites (N-methyl/N-ethyl adjacent to an activating group) is 2. The van der Waals surface area contributed by atoms with Gasteiger partial charge in [-0.2, -0.15) is 0 Å². The van der Waals surface area contributed by atoms with E-state index in [-0.39, 0.29) is 11.8 Å². The van der Waals surface area contributed by atoms with Gasteiger partial charge in [0.15, 0.2) is 0 Å². The molecule has 0 aromatic carbocycles. The highest BCUT2D eigenvalue weighted by Crippen LogP contribution is 1.71. The third kappa shape index (κ3) is 3.65. The van der Waals surface area contributed by atoms with Crippen molar-refractivity contribution in [2.75, 3.05) is 14.1 Å². The van der Waals surface area contributed by atoms with Gasteiger partial charge in [0, 0.05) is 26.2 Å². The molecule has 0 aliphatic carbocycles. The quantitative estimate of drug-likeness (QED) is 0.487. The van der Waals surface area contributed by atoms with Gasteiger partial charge in [-0.15, -0.1) is 0 Å². The number of nitrogens with one attached hydrogen (secondary N) is 2. The van der Waals surface area contributed by atoms with Gasteiger partial charge < -0.3 is 10.6 Å². The molecule has 2 amide bonds. The van der Waals surface area contributed by atoms with Crippen LogP contribution in [-0.4, -0.2) is 25.9 Å². The fourth-order valence-electron chi connectivity index (χ4n) is 0.318. The molecule has 56 valence electrons. The van der Waals surface area contributed by atoms with Crippen LogP contribution < -0.4 is 10.6 Å². The Bertz CT molecular complexity index is 145. The zero-order valence-electron chi connectivity index (χ0n) is 5.97. The lowest BCUT2D eigenvalue weighted by Gasteiger charge is -1.89. The lowest BCUT2D eigenvalue weighted by molar-refractivity contribution is -0.118. The Hall–Kier alpha value is -1.32. The lowest BCUT2D eigenvalue weighted by Crippen LogP contribution is -2.18. The lowest BCUT2D eigenvalue weighted by atomic mass is 10.4. The van der Waals surface area contributed by atoms with Crippen LogP contribution in [0.25, 0.3) is 0 Å². The molecule has 2 N–H and O–H groups in total. The van der Waals surface area contributed by atoms with Crippen molar-refractivity contribution in [3.63, 3.8) is 0 Å². The minimum atomic E-state index is -0.288. The van der Waals surface area contributed by atoms with Crippen LogP contribution in [0.1, 0.15) is 0 Å². The summed E-state index contributed by atoms with van der Waals surface area (Å²) < 4.78 is 0. The van der Waals surface area contributed by atoms with E-state index in [0.29, 0.717) is 0 Å². The SMILES string of the molecule is CNC(=O)/C=C/C(=O)NC. The molecule has 4 nitrogen and oxygen atoms in total. The highest BCUT2D eigenvalue weighted by atomic mass is 16.2. The third-order valence-corrected chi connectivity index (χ3v) is 0.879. The van der Waals surface area contributed by atoms with E-state index in [4.69, 9.17) is 0 Å². The van der Waals surface area contributed by atoms with E-state index in [1.165, 1.54) is 26.2 Å². The second-order valence-electron chi connectivity index (χ2n) is 1.56. The standard InChI is InChI=1S/C6H10N2O2/c1-7-5(9)3-4-6(10)8-2/h3-4H,1-2H3,(H,7,9)(H,8,10)/b4-3+. The highest BCUT2D eigenvalue weighted by Gasteiger charge is 1.90. The molecule has 10 heavy (non-hydrogen) atoms. The maximum atomic E-state index is 10.5. The van der Waals surface area contributed by atoms with Gasteiger partial charge in [-0.05, 0) is 0 Å². The molecule has 4 heteroatoms. The van der Waals surface area contributed by atoms with E-state index in [2.05, 4.69) is 10.6 Å². The van der Waals surface area contributed by atoms with Crippen LogP contribution in [0.3, 0.4) is 0 Å². The van der Waals surface area contributed by atoms with Crippen molar-refractivity contribution in [1.82, 2.24) is 10.6 Å². The molecule has 0 saturated carbocycles. The summed E-state index contributed by atoms with van der Waals surface area (Å²) in [7, 11) is 2.99. The zero-order valence-corrected chi connectivity index (χ0v) is 5.97. The second kappa shape index (κ2) is 4.55. The molecule has 0 radical (unpaired) electrons. The van der Waals surface area contributed by atoms with Crippen molar-refractivity contribution in [3.8, 4) is 0 Å². The van der Waals surface area contributed by atoms with Crippen LogP contribution in [0.4, 0.5) is 0 Å². The maximum absolute atomic E-state index is 10.5. The van der Waals surface area contributed by atoms with Gasteiger partial charge in [0.1, 0.15) is 0 Å². The van der Waals surface area contributed by atoms with Gasteiger partial charge in [0.05, 0.1) is 0 Å². The smallest absolute Gasteiger partial charge is 0.243 e. The van der Waals surface area contributed by atoms with Crippen molar-refractivity contribution in [2.45, 2.75) is 0 Å². The Morgan fingerprint density at radius 2 is 1.30 bits per heavy atom. The molecule has 0 atom stereocenters. The van der Waals surface area contributed by atoms with E-state index in [9.17, 15) is 9.59 Å². The van der Waals surface area contributed by atoms with Crippen LogP contribution in [0.15, 0.2) is 12.2 Å². The summed E-state index contributed by atoms with van der Waals surface area (Å²) in [6, 6.07) is 0. The first-order chi connectivity index (χ1) is 4.70. The number of carbonyl (C=O) groups is 2. The van der Waals surface area contributed by atoms with Crippen molar-refractivity contribution in [2.24, 2.45) is 0 Å². The summed E-state index contributed by atoms with van der Waals surface area (Å²) >= 11 is 0. The summed E-state index contributed by atoms with van der Waals surface area (Å²) in [6.45, 7) is 0. The van der Waals surface area contributed by atoms with Crippen molar-refractivity contribution >= 4 is 11.8 Å². The van der Waals surface area contributed by atoms with Crippen LogP contribution >= 0.6 is 0 Å². The Balaban J connectivity index is 3.75. The van der Waals surface area contributed by atoms with Gasteiger partial charge in [0.2, 0.25) is 11.8 Å². The molecule has 0 aliphatic rings. The summed E-state index contributed by atoms with van der Waals surface area (Å²) in [6.07, 6.45) is 2.33. The molecule has 0 unspecified atom stereocenters. The minimum absolute atomic E-state index is 0.288. The first-order valence-corrected chi connectivity index (χ1v) is 2.82. The molecule has 0 rings (SSSR count). The van der Waals surface area contributed by atoms with E-state index in [1.54, 1.807) is 0 Å². The molecule has 0 saturated heterocycles. The van der Waals surface area contributed by atoms with Crippen molar-refractivity contribution in [1.29, 1.82) is 0 Å². The average Bonchev–Trinajstić information content (AvgIpc) is 1.99. The molecule has 0 heterocycles. The molecule has 0 bridgehead atoms. The van der Waals surface area contributed by atoms with E-state index in [0.717, 1.165) is 0 Å². The van der Waals surface area contributed by atoms with E-state index >= 15 is 0 Å². The van der Waals surface area contributed by atoms with Crippen molar-refractivity contribution in [3.05, 3.63) is 12.2 Å². The number of hydrogen-bond acceptors (Lipinski definition) is 2. The average molecular weight is 142 g/mol. The number of rotatable bonds is 2. The molecule has 0 spiro atoms. The highest BCUT2D eigenvalue weighted by molar-refractivity contribution is 5.96. The Morgan fingerprint density at radius 1 is 1.00 bits per heavy atom. The third-order valence-electron chi connectivity index (χ3n) is 0.879. The molecule has 0 aromatic heterocycles. The largest absolute Gasteiger partial charge is 0.356 e. The van der Waals surface area contributed by atoms with Gasteiger partial charge in [-0.25, -0.2) is 0 Å². The topological polar surface area (TPSA) is 58.2 Å². The maximum Gasteiger partial charge on any atom is 0.243 e. The van der Waals surface area contributed by atoms with Crippen LogP contribution in [-0.2, 0) is 9.59 Å². The van der Waals surface area contributed by atoms with Crippen LogP contribution in [0.5, 0.6) is 0 Å². The van der Waals surface area contributed by atoms with Gasteiger partial charge in [-0.1, -0.05) is 0 Å². The fourth-order valence-corrected chi connectivity index (χ4v) is 0.318. The predicted octanol–water partition coefficient (Wildman–Crippen LogP) is -0.965. The summed E-state index contributed by atoms with van der Waals surface area (Å²) in [5.41, 5.74) is 0. The number of carbonyl (C=O) groups excluding carboxylic acids is 2. The normalized spacial score (nSPS) is 9.40. The summed E-state index contributed by atoms with van der Waals surface area (Å²) in [5.74, 6) is -0.577. The Kier molecular flexibility index (Phi) is 3.95. The first-order valence-electron chi connectivity index (χ1n) is 2.82. The van der Waals surface area contributed by atoms with Crippen LogP contribution in [0.2, 0.25) is 0 Å². The van der Waals surface area contributed by atoms with Crippen molar-refractivity contribution < 1.29 is 9.59 Å². The fraction of sp³-hybridized carbons (Fsp3) is 0.333. The zero-order chi connectivity index (χ0) is 7.98. The first kappa shape index (κ1) is 8.68. The summed E-state index contributed by atoms with van der Waals surface area (Å²) in [5, 5.41) is 4.68. The Labute approximate surface area is 59.3 Å². The van der Waals surface area contributed by atoms with Crippen LogP contribution in [0, 0.1) is 0 Å². The van der Waals surface area contributed by atoms with Gasteiger partial charge >= 0.3 is 0 Å². The molecular formula is C6H10N2O2. The number of hydrogen-bond donors (Lipinski definition) is 2. The molecule has 0 aromatic rings. The van der Waals surface area contributed by atoms with E-state index in [1.807, 2.05) is 0 Å². The second-order valence-corrected chi connectivity index (χ2v) is 1.56. The van der Waals surface area contributed by atoms with E-state index < -0.39 is 0 Å². The molecule has 0 fully saturated rings. The minimum Gasteiger partial charge on any atom is -0.356 e. The molecular weight excluding hydrogens is 132 g/mol. The predicted molar refractivity (Wildman–Crippen MR) is 37.3 cm³/mol. The monoisotopic (exact) mass is 142 g/mol. The summed E-state index contributed by atoms with van der Waals surface area (Å²) in [4.78, 5) is 20.9. The Morgan fingerprint density at radius 3 is 1.50 bits per heavy atom. The van der Waals surface area contributed by atoms with Gasteiger partial charge in [0.25, 0.3) is 0 Å². The van der Waals surface area contributed by atoms with Gasteiger partial charge in [-0.3, -0.25) is 9.59 Å².